The molecule has 0 aliphatic rings. The van der Waals surface area contributed by atoms with Crippen LogP contribution in [0.1, 0.15) is 15.2 Å². The monoisotopic (exact) mass is 375 g/mol. The minimum Gasteiger partial charge on any atom is -0.352 e. The van der Waals surface area contributed by atoms with Gasteiger partial charge in [0.2, 0.25) is 0 Å². The van der Waals surface area contributed by atoms with Gasteiger partial charge in [-0.05, 0) is 52.7 Å². The van der Waals surface area contributed by atoms with Gasteiger partial charge in [0.15, 0.2) is 0 Å². The van der Waals surface area contributed by atoms with Crippen LogP contribution in [0.5, 0.6) is 0 Å². The van der Waals surface area contributed by atoms with Gasteiger partial charge in [0, 0.05) is 16.3 Å². The van der Waals surface area contributed by atoms with Crippen molar-refractivity contribution in [2.24, 2.45) is 0 Å². The van der Waals surface area contributed by atoms with Gasteiger partial charge in [-0.25, -0.2) is 0 Å². The highest BCUT2D eigenvalue weighted by atomic mass is 79.9. The van der Waals surface area contributed by atoms with Gasteiger partial charge in [-0.2, -0.15) is 0 Å². The second-order valence-electron chi connectivity index (χ2n) is 3.88. The molecule has 2 aromatic rings. The molecule has 0 aliphatic heterocycles. The predicted molar refractivity (Wildman–Crippen MR) is 86.8 cm³/mol. The van der Waals surface area contributed by atoms with E-state index in [1.807, 2.05) is 12.1 Å². The van der Waals surface area contributed by atoms with Gasteiger partial charge in [0.05, 0.1) is 14.4 Å². The minimum absolute atomic E-state index is 0.170. The van der Waals surface area contributed by atoms with Crippen molar-refractivity contribution in [3.05, 3.63) is 49.6 Å². The van der Waals surface area contributed by atoms with Crippen molar-refractivity contribution >= 4 is 57.4 Å². The first-order valence-electron chi connectivity index (χ1n) is 5.57. The van der Waals surface area contributed by atoms with Crippen molar-refractivity contribution in [2.75, 3.05) is 6.54 Å². The maximum atomic E-state index is 12.0. The van der Waals surface area contributed by atoms with E-state index in [1.54, 1.807) is 29.5 Å². The fourth-order valence-corrected chi connectivity index (χ4v) is 3.46. The van der Waals surface area contributed by atoms with Gasteiger partial charge in [0.1, 0.15) is 0 Å². The fraction of sp³-hybridized carbons (Fsp3) is 0.154. The molecule has 1 aromatic carbocycles. The van der Waals surface area contributed by atoms with E-state index >= 15 is 0 Å². The van der Waals surface area contributed by atoms with Crippen molar-refractivity contribution in [3.63, 3.8) is 0 Å². The van der Waals surface area contributed by atoms with Gasteiger partial charge in [-0.15, -0.1) is 24.0 Å². The zero-order valence-electron chi connectivity index (χ0n) is 9.82. The number of hydrogen-bond acceptors (Lipinski definition) is 3. The second-order valence-corrected chi connectivity index (χ2v) is 7.35. The number of carbonyl (C=O) groups excluding carboxylic acids is 1. The topological polar surface area (TPSA) is 29.1 Å². The van der Waals surface area contributed by atoms with Gasteiger partial charge in [-0.3, -0.25) is 4.79 Å². The molecule has 2 nitrogen and oxygen atoms in total. The summed E-state index contributed by atoms with van der Waals surface area (Å²) in [4.78, 5) is 13.9. The lowest BCUT2D eigenvalue weighted by Crippen LogP contribution is -2.25. The van der Waals surface area contributed by atoms with E-state index in [0.717, 1.165) is 15.1 Å². The van der Waals surface area contributed by atoms with Crippen LogP contribution in [0.25, 0.3) is 0 Å². The highest BCUT2D eigenvalue weighted by Crippen LogP contribution is 2.22. The maximum Gasteiger partial charge on any atom is 0.252 e. The summed E-state index contributed by atoms with van der Waals surface area (Å²) in [6.45, 7) is 0.582. The van der Waals surface area contributed by atoms with E-state index in [1.165, 1.54) is 4.88 Å². The molecule has 0 atom stereocenters. The van der Waals surface area contributed by atoms with E-state index in [0.29, 0.717) is 17.1 Å². The predicted octanol–water partition coefficient (Wildman–Crippen LogP) is 4.43. The lowest BCUT2D eigenvalue weighted by atomic mass is 10.2. The van der Waals surface area contributed by atoms with Gasteiger partial charge < -0.3 is 5.32 Å². The molecule has 0 saturated heterocycles. The van der Waals surface area contributed by atoms with Crippen molar-refractivity contribution < 1.29 is 4.79 Å². The van der Waals surface area contributed by atoms with Crippen LogP contribution in [-0.4, -0.2) is 12.5 Å². The third kappa shape index (κ3) is 4.24. The number of thiophene rings is 1. The highest BCUT2D eigenvalue weighted by molar-refractivity contribution is 9.11. The number of hydrogen-bond donors (Lipinski definition) is 2. The van der Waals surface area contributed by atoms with Crippen LogP contribution in [0.2, 0.25) is 5.02 Å². The fourth-order valence-electron chi connectivity index (χ4n) is 1.57. The third-order valence-electron chi connectivity index (χ3n) is 2.48. The van der Waals surface area contributed by atoms with Gasteiger partial charge >= 0.3 is 0 Å². The number of halogens is 2. The van der Waals surface area contributed by atoms with E-state index in [9.17, 15) is 4.79 Å². The quantitative estimate of drug-likeness (QED) is 0.760. The molecule has 0 saturated carbocycles. The summed E-state index contributed by atoms with van der Waals surface area (Å²) in [5.74, 6) is -0.170. The highest BCUT2D eigenvalue weighted by Gasteiger charge is 2.10. The van der Waals surface area contributed by atoms with E-state index in [4.69, 9.17) is 11.6 Å². The molecule has 0 radical (unpaired) electrons. The molecular formula is C13H11BrClNOS2. The molecule has 1 heterocycles. The molecule has 0 aliphatic carbocycles. The van der Waals surface area contributed by atoms with E-state index in [-0.39, 0.29) is 5.91 Å². The molecular weight excluding hydrogens is 366 g/mol. The van der Waals surface area contributed by atoms with Crippen molar-refractivity contribution in [1.82, 2.24) is 5.32 Å². The molecule has 0 bridgehead atoms. The number of amides is 1. The number of rotatable bonds is 4. The van der Waals surface area contributed by atoms with Crippen molar-refractivity contribution in [2.45, 2.75) is 11.3 Å². The first-order chi connectivity index (χ1) is 9.06. The lowest BCUT2D eigenvalue weighted by Gasteiger charge is -2.06. The summed E-state index contributed by atoms with van der Waals surface area (Å²) in [5, 5.41) is 3.30. The number of carbonyl (C=O) groups is 1. The van der Waals surface area contributed by atoms with Crippen LogP contribution < -0.4 is 5.32 Å². The Bertz CT molecular complexity index is 600. The van der Waals surface area contributed by atoms with Gasteiger partial charge in [0.25, 0.3) is 5.91 Å². The smallest absolute Gasteiger partial charge is 0.252 e. The minimum atomic E-state index is -0.170. The normalized spacial score (nSPS) is 10.5. The van der Waals surface area contributed by atoms with Crippen LogP contribution in [0.4, 0.5) is 0 Å². The zero-order valence-corrected chi connectivity index (χ0v) is 13.9. The Balaban J connectivity index is 1.92. The first-order valence-corrected chi connectivity index (χ1v) is 8.00. The first kappa shape index (κ1) is 14.9. The molecule has 0 unspecified atom stereocenters. The Morgan fingerprint density at radius 3 is 2.84 bits per heavy atom. The Labute approximate surface area is 134 Å². The molecule has 19 heavy (non-hydrogen) atoms. The van der Waals surface area contributed by atoms with Crippen LogP contribution in [-0.2, 0) is 6.42 Å². The van der Waals surface area contributed by atoms with E-state index < -0.39 is 0 Å². The maximum absolute atomic E-state index is 12.0. The molecule has 0 fully saturated rings. The summed E-state index contributed by atoms with van der Waals surface area (Å²) in [6.07, 6.45) is 0.806. The van der Waals surface area contributed by atoms with Crippen molar-refractivity contribution in [1.29, 1.82) is 0 Å². The third-order valence-corrected chi connectivity index (χ3v) is 4.77. The van der Waals surface area contributed by atoms with E-state index in [2.05, 4.69) is 33.9 Å². The lowest BCUT2D eigenvalue weighted by molar-refractivity contribution is 0.0954. The summed E-state index contributed by atoms with van der Waals surface area (Å²) < 4.78 is 1.10. The molecule has 1 N–H and O–H groups in total. The standard InChI is InChI=1S/C13H11BrClNOS2/c14-12-4-2-9(19-12)5-6-16-13(17)10-7-8(18)1-3-11(10)15/h1-4,7,18H,5-6H2,(H,16,17). The summed E-state index contributed by atoms with van der Waals surface area (Å²) >= 11 is 15.3. The van der Waals surface area contributed by atoms with Crippen LogP contribution in [0, 0.1) is 0 Å². The second kappa shape index (κ2) is 6.79. The summed E-state index contributed by atoms with van der Waals surface area (Å²) in [5.41, 5.74) is 0.460. The molecule has 2 rings (SSSR count). The Hall–Kier alpha value is -0.490. The van der Waals surface area contributed by atoms with Crippen LogP contribution in [0.3, 0.4) is 0 Å². The summed E-state index contributed by atoms with van der Waals surface area (Å²) in [7, 11) is 0. The molecule has 0 spiro atoms. The summed E-state index contributed by atoms with van der Waals surface area (Å²) in [6, 6.07) is 9.15. The molecule has 1 aromatic heterocycles. The SMILES string of the molecule is O=C(NCCc1ccc(Br)s1)c1cc(S)ccc1Cl. The largest absolute Gasteiger partial charge is 0.352 e. The van der Waals surface area contributed by atoms with Crippen molar-refractivity contribution in [3.8, 4) is 0 Å². The zero-order chi connectivity index (χ0) is 13.8. The Morgan fingerprint density at radius 2 is 2.16 bits per heavy atom. The number of thiol groups is 1. The Kier molecular flexibility index (Phi) is 5.33. The average Bonchev–Trinajstić information content (AvgIpc) is 2.78. The van der Waals surface area contributed by atoms with Crippen LogP contribution in [0.15, 0.2) is 39.0 Å². The van der Waals surface area contributed by atoms with Crippen LogP contribution >= 0.6 is 51.5 Å². The number of nitrogens with one attached hydrogen (secondary N) is 1. The number of benzene rings is 1. The van der Waals surface area contributed by atoms with Gasteiger partial charge in [-0.1, -0.05) is 11.6 Å². The molecule has 6 heteroatoms. The molecule has 1 amide bonds. The Morgan fingerprint density at radius 1 is 1.37 bits per heavy atom. The average molecular weight is 377 g/mol. The molecule has 100 valence electrons.